The van der Waals surface area contributed by atoms with Crippen LogP contribution >= 0.6 is 15.9 Å². The Bertz CT molecular complexity index is 669. The van der Waals surface area contributed by atoms with Gasteiger partial charge in [-0.15, -0.1) is 0 Å². The van der Waals surface area contributed by atoms with Gasteiger partial charge >= 0.3 is 0 Å². The van der Waals surface area contributed by atoms with Gasteiger partial charge in [-0.05, 0) is 47.1 Å². The minimum atomic E-state index is -3.75. The molecule has 1 heterocycles. The van der Waals surface area contributed by atoms with E-state index in [9.17, 15) is 8.42 Å². The lowest BCUT2D eigenvalue weighted by atomic mass is 10.2. The molecule has 0 fully saturated rings. The molecule has 0 saturated heterocycles. The quantitative estimate of drug-likeness (QED) is 0.802. The highest BCUT2D eigenvalue weighted by atomic mass is 79.9. The number of aryl methyl sites for hydroxylation is 1. The lowest BCUT2D eigenvalue weighted by molar-refractivity contribution is 0.303. The number of nitrogens with zero attached hydrogens (tertiary/aromatic N) is 1. The summed E-state index contributed by atoms with van der Waals surface area (Å²) in [5.41, 5.74) is 1.53. The second-order valence-electron chi connectivity index (χ2n) is 3.96. The number of aromatic nitrogens is 1. The van der Waals surface area contributed by atoms with E-state index >= 15 is 0 Å². The standard InChI is InChI=1S/C13H12BrNO3S/c1-10-4-6-11(7-5-10)19(16,17)18-9-13-12(14)3-2-8-15-13/h2-8H,9H2,1H3. The summed E-state index contributed by atoms with van der Waals surface area (Å²) in [6.45, 7) is 1.79. The van der Waals surface area contributed by atoms with E-state index in [0.717, 1.165) is 5.56 Å². The Balaban J connectivity index is 2.14. The number of hydrogen-bond donors (Lipinski definition) is 0. The summed E-state index contributed by atoms with van der Waals surface area (Å²) >= 11 is 3.29. The van der Waals surface area contributed by atoms with Crippen LogP contribution in [-0.4, -0.2) is 13.4 Å². The third kappa shape index (κ3) is 3.62. The summed E-state index contributed by atoms with van der Waals surface area (Å²) in [6.07, 6.45) is 1.59. The first-order valence-corrected chi connectivity index (χ1v) is 7.75. The van der Waals surface area contributed by atoms with E-state index in [2.05, 4.69) is 20.9 Å². The normalized spacial score (nSPS) is 11.5. The highest BCUT2D eigenvalue weighted by Gasteiger charge is 2.16. The first kappa shape index (κ1) is 14.2. The van der Waals surface area contributed by atoms with Gasteiger partial charge in [-0.3, -0.25) is 9.17 Å². The van der Waals surface area contributed by atoms with E-state index in [0.29, 0.717) is 10.2 Å². The number of pyridine rings is 1. The number of rotatable bonds is 4. The average molecular weight is 342 g/mol. The van der Waals surface area contributed by atoms with Gasteiger partial charge in [0.25, 0.3) is 10.1 Å². The van der Waals surface area contributed by atoms with Crippen molar-refractivity contribution in [1.82, 2.24) is 4.98 Å². The number of benzene rings is 1. The fourth-order valence-electron chi connectivity index (χ4n) is 1.43. The van der Waals surface area contributed by atoms with E-state index < -0.39 is 10.1 Å². The average Bonchev–Trinajstić information content (AvgIpc) is 2.38. The molecule has 0 radical (unpaired) electrons. The van der Waals surface area contributed by atoms with Crippen LogP contribution in [0, 0.1) is 6.92 Å². The Hall–Kier alpha value is -1.24. The molecule has 0 atom stereocenters. The molecule has 0 bridgehead atoms. The van der Waals surface area contributed by atoms with Crippen molar-refractivity contribution < 1.29 is 12.6 Å². The first-order valence-electron chi connectivity index (χ1n) is 5.54. The summed E-state index contributed by atoms with van der Waals surface area (Å²) in [5, 5.41) is 0. The largest absolute Gasteiger partial charge is 0.297 e. The maximum absolute atomic E-state index is 12.0. The summed E-state index contributed by atoms with van der Waals surface area (Å²) in [5.74, 6) is 0. The molecular weight excluding hydrogens is 330 g/mol. The van der Waals surface area contributed by atoms with Crippen molar-refractivity contribution in [2.75, 3.05) is 0 Å². The van der Waals surface area contributed by atoms with Gasteiger partial charge in [0, 0.05) is 10.7 Å². The van der Waals surface area contributed by atoms with Crippen LogP contribution in [0.15, 0.2) is 52.0 Å². The Morgan fingerprint density at radius 1 is 1.21 bits per heavy atom. The van der Waals surface area contributed by atoms with Gasteiger partial charge in [0.2, 0.25) is 0 Å². The molecule has 6 heteroatoms. The predicted molar refractivity (Wildman–Crippen MR) is 75.1 cm³/mol. The summed E-state index contributed by atoms with van der Waals surface area (Å²) < 4.78 is 29.6. The molecule has 2 aromatic rings. The maximum Gasteiger partial charge on any atom is 0.297 e. The highest BCUT2D eigenvalue weighted by molar-refractivity contribution is 9.10. The van der Waals surface area contributed by atoms with Crippen molar-refractivity contribution in [3.8, 4) is 0 Å². The number of halogens is 1. The Morgan fingerprint density at radius 3 is 2.53 bits per heavy atom. The molecule has 1 aromatic carbocycles. The van der Waals surface area contributed by atoms with Gasteiger partial charge in [-0.2, -0.15) is 8.42 Å². The van der Waals surface area contributed by atoms with Crippen LogP contribution in [0.3, 0.4) is 0 Å². The fraction of sp³-hybridized carbons (Fsp3) is 0.154. The Labute approximate surface area is 120 Å². The summed E-state index contributed by atoms with van der Waals surface area (Å²) in [7, 11) is -3.75. The van der Waals surface area contributed by atoms with Crippen molar-refractivity contribution in [2.45, 2.75) is 18.4 Å². The molecule has 19 heavy (non-hydrogen) atoms. The molecule has 0 aliphatic carbocycles. The molecule has 0 saturated carbocycles. The SMILES string of the molecule is Cc1ccc(S(=O)(=O)OCc2ncccc2Br)cc1. The maximum atomic E-state index is 12.0. The van der Waals surface area contributed by atoms with E-state index in [1.165, 1.54) is 12.1 Å². The van der Waals surface area contributed by atoms with Crippen molar-refractivity contribution in [3.63, 3.8) is 0 Å². The van der Waals surface area contributed by atoms with Crippen LogP contribution in [0.4, 0.5) is 0 Å². The molecular formula is C13H12BrNO3S. The fourth-order valence-corrected chi connectivity index (χ4v) is 2.67. The molecule has 2 rings (SSSR count). The molecule has 1 aromatic heterocycles. The summed E-state index contributed by atoms with van der Waals surface area (Å²) in [6, 6.07) is 10.0. The molecule has 0 aliphatic rings. The van der Waals surface area contributed by atoms with Crippen molar-refractivity contribution >= 4 is 26.0 Å². The van der Waals surface area contributed by atoms with Crippen molar-refractivity contribution in [2.24, 2.45) is 0 Å². The number of hydrogen-bond acceptors (Lipinski definition) is 4. The zero-order valence-corrected chi connectivity index (χ0v) is 12.6. The molecule has 0 aliphatic heterocycles. The van der Waals surface area contributed by atoms with E-state index in [-0.39, 0.29) is 11.5 Å². The van der Waals surface area contributed by atoms with Crippen LogP contribution in [0.5, 0.6) is 0 Å². The second-order valence-corrected chi connectivity index (χ2v) is 6.43. The zero-order valence-electron chi connectivity index (χ0n) is 10.2. The van der Waals surface area contributed by atoms with Crippen LogP contribution in [0.25, 0.3) is 0 Å². The second kappa shape index (κ2) is 5.81. The van der Waals surface area contributed by atoms with Crippen molar-refractivity contribution in [3.05, 3.63) is 58.3 Å². The molecule has 0 amide bonds. The van der Waals surface area contributed by atoms with Crippen LogP contribution in [0.1, 0.15) is 11.3 Å². The minimum Gasteiger partial charge on any atom is -0.260 e. The minimum absolute atomic E-state index is 0.0996. The van der Waals surface area contributed by atoms with Gasteiger partial charge < -0.3 is 0 Å². The molecule has 0 spiro atoms. The Kier molecular flexibility index (Phi) is 4.34. The van der Waals surface area contributed by atoms with Gasteiger partial charge in [-0.1, -0.05) is 17.7 Å². The van der Waals surface area contributed by atoms with Crippen LogP contribution < -0.4 is 0 Å². The van der Waals surface area contributed by atoms with Gasteiger partial charge in [-0.25, -0.2) is 0 Å². The van der Waals surface area contributed by atoms with Gasteiger partial charge in [0.1, 0.15) is 6.61 Å². The van der Waals surface area contributed by atoms with E-state index in [1.54, 1.807) is 30.5 Å². The molecule has 4 nitrogen and oxygen atoms in total. The lowest BCUT2D eigenvalue weighted by Crippen LogP contribution is -2.07. The van der Waals surface area contributed by atoms with Gasteiger partial charge in [0.05, 0.1) is 10.6 Å². The van der Waals surface area contributed by atoms with Crippen LogP contribution in [-0.2, 0) is 20.9 Å². The lowest BCUT2D eigenvalue weighted by Gasteiger charge is -2.06. The van der Waals surface area contributed by atoms with E-state index in [1.807, 2.05) is 6.92 Å². The predicted octanol–water partition coefficient (Wildman–Crippen LogP) is 3.06. The first-order chi connectivity index (χ1) is 8.99. The highest BCUT2D eigenvalue weighted by Crippen LogP contribution is 2.18. The topological polar surface area (TPSA) is 56.3 Å². The van der Waals surface area contributed by atoms with Gasteiger partial charge in [0.15, 0.2) is 0 Å². The smallest absolute Gasteiger partial charge is 0.260 e. The zero-order chi connectivity index (χ0) is 13.9. The van der Waals surface area contributed by atoms with E-state index in [4.69, 9.17) is 4.18 Å². The van der Waals surface area contributed by atoms with Crippen LogP contribution in [0.2, 0.25) is 0 Å². The monoisotopic (exact) mass is 341 g/mol. The molecule has 0 unspecified atom stereocenters. The molecule has 0 N–H and O–H groups in total. The Morgan fingerprint density at radius 2 is 1.89 bits per heavy atom. The molecule has 100 valence electrons. The third-order valence-corrected chi connectivity index (χ3v) is 4.49. The third-order valence-electron chi connectivity index (χ3n) is 2.50. The summed E-state index contributed by atoms with van der Waals surface area (Å²) in [4.78, 5) is 4.20. The van der Waals surface area contributed by atoms with Crippen molar-refractivity contribution in [1.29, 1.82) is 0 Å².